The Labute approximate surface area is 201 Å². The molecule has 0 atom stereocenters. The van der Waals surface area contributed by atoms with Crippen molar-refractivity contribution in [3.05, 3.63) is 99.0 Å². The van der Waals surface area contributed by atoms with Crippen LogP contribution >= 0.6 is 27.5 Å². The second kappa shape index (κ2) is 10.9. The quantitative estimate of drug-likeness (QED) is 0.335. The Kier molecular flexibility index (Phi) is 8.20. The molecular formula is C23H21BrClN3O3S. The van der Waals surface area contributed by atoms with Crippen LogP contribution in [-0.4, -0.2) is 31.4 Å². The van der Waals surface area contributed by atoms with Gasteiger partial charge in [0.2, 0.25) is 10.0 Å². The maximum atomic E-state index is 13.3. The highest BCUT2D eigenvalue weighted by Gasteiger charge is 2.27. The summed E-state index contributed by atoms with van der Waals surface area (Å²) in [5, 5.41) is 4.46. The van der Waals surface area contributed by atoms with Crippen molar-refractivity contribution in [2.75, 3.05) is 6.54 Å². The van der Waals surface area contributed by atoms with Crippen molar-refractivity contribution in [3.63, 3.8) is 0 Å². The molecule has 3 rings (SSSR count). The van der Waals surface area contributed by atoms with Crippen LogP contribution in [0.15, 0.2) is 87.3 Å². The Morgan fingerprint density at radius 1 is 1.09 bits per heavy atom. The highest BCUT2D eigenvalue weighted by Crippen LogP contribution is 2.21. The van der Waals surface area contributed by atoms with Gasteiger partial charge in [-0.2, -0.15) is 9.41 Å². The first-order chi connectivity index (χ1) is 15.2. The zero-order chi connectivity index (χ0) is 23.1. The van der Waals surface area contributed by atoms with Crippen LogP contribution in [0.1, 0.15) is 16.7 Å². The number of sulfonamides is 1. The number of halogens is 2. The molecular weight excluding hydrogens is 514 g/mol. The zero-order valence-electron chi connectivity index (χ0n) is 17.2. The minimum absolute atomic E-state index is 0.0457. The van der Waals surface area contributed by atoms with E-state index in [1.165, 1.54) is 18.3 Å². The molecule has 9 heteroatoms. The lowest BCUT2D eigenvalue weighted by Crippen LogP contribution is -2.39. The van der Waals surface area contributed by atoms with E-state index in [0.717, 1.165) is 19.9 Å². The molecule has 0 radical (unpaired) electrons. The van der Waals surface area contributed by atoms with E-state index in [1.54, 1.807) is 36.4 Å². The fourth-order valence-electron chi connectivity index (χ4n) is 2.84. The van der Waals surface area contributed by atoms with E-state index in [2.05, 4.69) is 26.5 Å². The van der Waals surface area contributed by atoms with Gasteiger partial charge in [0.05, 0.1) is 17.7 Å². The molecule has 1 amide bonds. The molecule has 0 spiro atoms. The molecule has 0 saturated heterocycles. The summed E-state index contributed by atoms with van der Waals surface area (Å²) in [6, 6.07) is 20.7. The number of aryl methyl sites for hydroxylation is 1. The van der Waals surface area contributed by atoms with Crippen LogP contribution in [0.3, 0.4) is 0 Å². The third kappa shape index (κ3) is 6.74. The van der Waals surface area contributed by atoms with Gasteiger partial charge in [0.1, 0.15) is 0 Å². The standard InChI is InChI=1S/C23H21BrClN3O3S/c1-17-5-7-18(8-6-17)15-28(32(30,31)22-11-9-20(24)10-12-22)16-23(29)27-26-14-19-3-2-4-21(25)13-19/h2-14H,15-16H2,1H3,(H,27,29)/b26-14-. The third-order valence-electron chi connectivity index (χ3n) is 4.50. The first kappa shape index (κ1) is 24.1. The van der Waals surface area contributed by atoms with Crippen molar-refractivity contribution in [1.82, 2.24) is 9.73 Å². The number of hydrogen-bond acceptors (Lipinski definition) is 4. The normalized spacial score (nSPS) is 11.8. The highest BCUT2D eigenvalue weighted by atomic mass is 79.9. The molecule has 0 saturated carbocycles. The van der Waals surface area contributed by atoms with E-state index in [-0.39, 0.29) is 18.0 Å². The summed E-state index contributed by atoms with van der Waals surface area (Å²) in [5.74, 6) is -0.559. The Hall–Kier alpha value is -2.52. The number of nitrogens with one attached hydrogen (secondary N) is 1. The molecule has 0 aliphatic rings. The number of carbonyl (C=O) groups is 1. The summed E-state index contributed by atoms with van der Waals surface area (Å²) in [6.45, 7) is 1.61. The summed E-state index contributed by atoms with van der Waals surface area (Å²) in [6.07, 6.45) is 1.44. The number of hydrazone groups is 1. The first-order valence-corrected chi connectivity index (χ1v) is 12.2. The van der Waals surface area contributed by atoms with Gasteiger partial charge in [-0.15, -0.1) is 0 Å². The number of carbonyl (C=O) groups excluding carboxylic acids is 1. The molecule has 3 aromatic carbocycles. The van der Waals surface area contributed by atoms with Crippen LogP contribution in [0.5, 0.6) is 0 Å². The minimum Gasteiger partial charge on any atom is -0.272 e. The van der Waals surface area contributed by atoms with Crippen molar-refractivity contribution in [3.8, 4) is 0 Å². The molecule has 0 aromatic heterocycles. The zero-order valence-corrected chi connectivity index (χ0v) is 20.4. The number of hydrogen-bond donors (Lipinski definition) is 1. The second-order valence-corrected chi connectivity index (χ2v) is 10.4. The van der Waals surface area contributed by atoms with Gasteiger partial charge in [0.25, 0.3) is 5.91 Å². The van der Waals surface area contributed by atoms with E-state index >= 15 is 0 Å². The second-order valence-electron chi connectivity index (χ2n) is 7.06. The summed E-state index contributed by atoms with van der Waals surface area (Å²) < 4.78 is 28.4. The molecule has 32 heavy (non-hydrogen) atoms. The van der Waals surface area contributed by atoms with E-state index in [0.29, 0.717) is 10.6 Å². The fourth-order valence-corrected chi connectivity index (χ4v) is 4.69. The van der Waals surface area contributed by atoms with E-state index < -0.39 is 15.9 Å². The number of rotatable bonds is 8. The van der Waals surface area contributed by atoms with Gasteiger partial charge >= 0.3 is 0 Å². The lowest BCUT2D eigenvalue weighted by molar-refractivity contribution is -0.121. The Bertz CT molecular complexity index is 1210. The van der Waals surface area contributed by atoms with Crippen LogP contribution in [0.4, 0.5) is 0 Å². The van der Waals surface area contributed by atoms with Gasteiger partial charge in [0.15, 0.2) is 0 Å². The topological polar surface area (TPSA) is 78.8 Å². The van der Waals surface area contributed by atoms with Gasteiger partial charge in [-0.1, -0.05) is 69.5 Å². The van der Waals surface area contributed by atoms with Crippen molar-refractivity contribution in [2.24, 2.45) is 5.10 Å². The summed E-state index contributed by atoms with van der Waals surface area (Å²) in [4.78, 5) is 12.6. The van der Waals surface area contributed by atoms with Gasteiger partial charge in [-0.3, -0.25) is 4.79 Å². The van der Waals surface area contributed by atoms with Crippen LogP contribution in [0.25, 0.3) is 0 Å². The minimum atomic E-state index is -3.92. The number of benzene rings is 3. The Morgan fingerprint density at radius 3 is 2.44 bits per heavy atom. The van der Waals surface area contributed by atoms with Crippen molar-refractivity contribution in [1.29, 1.82) is 0 Å². The average Bonchev–Trinajstić information content (AvgIpc) is 2.75. The third-order valence-corrected chi connectivity index (χ3v) is 7.07. The Morgan fingerprint density at radius 2 is 1.78 bits per heavy atom. The molecule has 3 aromatic rings. The molecule has 0 aliphatic carbocycles. The van der Waals surface area contributed by atoms with Crippen molar-refractivity contribution in [2.45, 2.75) is 18.4 Å². The molecule has 0 unspecified atom stereocenters. The lowest BCUT2D eigenvalue weighted by Gasteiger charge is -2.21. The monoisotopic (exact) mass is 533 g/mol. The molecule has 0 aliphatic heterocycles. The van der Waals surface area contributed by atoms with E-state index in [4.69, 9.17) is 11.6 Å². The smallest absolute Gasteiger partial charge is 0.255 e. The van der Waals surface area contributed by atoms with Gasteiger partial charge in [0, 0.05) is 16.0 Å². The summed E-state index contributed by atoms with van der Waals surface area (Å²) in [5.41, 5.74) is 4.92. The maximum Gasteiger partial charge on any atom is 0.255 e. The predicted molar refractivity (Wildman–Crippen MR) is 130 cm³/mol. The van der Waals surface area contributed by atoms with E-state index in [9.17, 15) is 13.2 Å². The summed E-state index contributed by atoms with van der Waals surface area (Å²) >= 11 is 9.24. The van der Waals surface area contributed by atoms with Crippen molar-refractivity contribution >= 4 is 49.7 Å². The number of nitrogens with zero attached hydrogens (tertiary/aromatic N) is 2. The Balaban J connectivity index is 1.79. The largest absolute Gasteiger partial charge is 0.272 e. The van der Waals surface area contributed by atoms with Gasteiger partial charge < -0.3 is 0 Å². The fraction of sp³-hybridized carbons (Fsp3) is 0.130. The van der Waals surface area contributed by atoms with Crippen LogP contribution < -0.4 is 5.43 Å². The predicted octanol–water partition coefficient (Wildman–Crippen LogP) is 4.75. The number of amides is 1. The van der Waals surface area contributed by atoms with Gasteiger partial charge in [-0.25, -0.2) is 13.8 Å². The summed E-state index contributed by atoms with van der Waals surface area (Å²) in [7, 11) is -3.92. The maximum absolute atomic E-state index is 13.3. The molecule has 0 heterocycles. The lowest BCUT2D eigenvalue weighted by atomic mass is 10.1. The van der Waals surface area contributed by atoms with E-state index in [1.807, 2.05) is 31.2 Å². The molecule has 166 valence electrons. The van der Waals surface area contributed by atoms with Crippen molar-refractivity contribution < 1.29 is 13.2 Å². The van der Waals surface area contributed by atoms with Gasteiger partial charge in [-0.05, 0) is 54.4 Å². The highest BCUT2D eigenvalue weighted by molar-refractivity contribution is 9.10. The van der Waals surface area contributed by atoms with Crippen LogP contribution in [-0.2, 0) is 21.4 Å². The molecule has 0 bridgehead atoms. The molecule has 1 N–H and O–H groups in total. The SMILES string of the molecule is Cc1ccc(CN(CC(=O)N/N=C\c2cccc(Cl)c2)S(=O)(=O)c2ccc(Br)cc2)cc1. The molecule has 0 fully saturated rings. The van der Waals surface area contributed by atoms with Crippen LogP contribution in [0, 0.1) is 6.92 Å². The molecule has 6 nitrogen and oxygen atoms in total. The average molecular weight is 535 g/mol. The van der Waals surface area contributed by atoms with Crippen LogP contribution in [0.2, 0.25) is 5.02 Å². The first-order valence-electron chi connectivity index (χ1n) is 9.63.